The number of aromatic hydroxyl groups is 1. The van der Waals surface area contributed by atoms with Crippen LogP contribution in [0.5, 0.6) is 5.75 Å². The maximum absolute atomic E-state index is 14.5. The van der Waals surface area contributed by atoms with Gasteiger partial charge in [0.2, 0.25) is 0 Å². The van der Waals surface area contributed by atoms with E-state index in [4.69, 9.17) is 0 Å². The number of halogens is 3. The number of rotatable bonds is 9. The first-order chi connectivity index (χ1) is 18.2. The molecular formula is C29H36F3N5O2. The molecule has 1 aromatic carbocycles. The van der Waals surface area contributed by atoms with Gasteiger partial charge in [0.05, 0.1) is 11.7 Å². The number of nitrogens with zero attached hydrogens (tertiary/aromatic N) is 4. The summed E-state index contributed by atoms with van der Waals surface area (Å²) in [5.74, 6) is -0.130. The number of benzene rings is 1. The third-order valence-electron chi connectivity index (χ3n) is 7.80. The molecule has 10 heteroatoms. The van der Waals surface area contributed by atoms with Crippen LogP contribution >= 0.6 is 0 Å². The van der Waals surface area contributed by atoms with Crippen LogP contribution in [0.2, 0.25) is 0 Å². The molecule has 0 spiro atoms. The molecule has 3 atom stereocenters. The minimum Gasteiger partial charge on any atom is -0.508 e. The molecular weight excluding hydrogens is 507 g/mol. The highest BCUT2D eigenvalue weighted by atomic mass is 19.4. The molecule has 7 nitrogen and oxygen atoms in total. The van der Waals surface area contributed by atoms with Gasteiger partial charge in [-0.2, -0.15) is 13.2 Å². The van der Waals surface area contributed by atoms with E-state index in [-0.39, 0.29) is 23.4 Å². The van der Waals surface area contributed by atoms with Crippen LogP contribution in [0.25, 0.3) is 11.1 Å². The number of phenolic OH excluding ortho intramolecular Hbond substituents is 1. The summed E-state index contributed by atoms with van der Waals surface area (Å²) < 4.78 is 43.5. The predicted molar refractivity (Wildman–Crippen MR) is 145 cm³/mol. The van der Waals surface area contributed by atoms with Crippen LogP contribution in [0.4, 0.5) is 13.2 Å². The Morgan fingerprint density at radius 3 is 2.41 bits per heavy atom. The van der Waals surface area contributed by atoms with Crippen molar-refractivity contribution in [2.24, 2.45) is 4.99 Å². The van der Waals surface area contributed by atoms with Crippen molar-refractivity contribution < 1.29 is 23.4 Å². The average molecular weight is 544 g/mol. The highest BCUT2D eigenvalue weighted by molar-refractivity contribution is 5.81. The smallest absolute Gasteiger partial charge is 0.417 e. The summed E-state index contributed by atoms with van der Waals surface area (Å²) in [6, 6.07) is 6.45. The fraction of sp³-hybridized carbons (Fsp3) is 0.483. The molecule has 3 N–H and O–H groups in total. The van der Waals surface area contributed by atoms with E-state index in [9.17, 15) is 23.4 Å². The molecule has 3 heterocycles. The van der Waals surface area contributed by atoms with E-state index in [2.05, 4.69) is 31.8 Å². The van der Waals surface area contributed by atoms with Crippen molar-refractivity contribution in [3.8, 4) is 16.9 Å². The quantitative estimate of drug-likeness (QED) is 0.343. The predicted octanol–water partition coefficient (Wildman–Crippen LogP) is 5.24. The van der Waals surface area contributed by atoms with E-state index in [0.717, 1.165) is 18.7 Å². The Morgan fingerprint density at radius 1 is 1.08 bits per heavy atom. The Balaban J connectivity index is 1.62. The molecule has 0 saturated heterocycles. The summed E-state index contributed by atoms with van der Waals surface area (Å²) in [5.41, 5.74) is -0.821. The summed E-state index contributed by atoms with van der Waals surface area (Å²) >= 11 is 0. The summed E-state index contributed by atoms with van der Waals surface area (Å²) in [5, 5.41) is 21.9. The largest absolute Gasteiger partial charge is 0.508 e. The normalized spacial score (nSPS) is 19.2. The molecule has 0 bridgehead atoms. The second-order valence-electron chi connectivity index (χ2n) is 11.3. The van der Waals surface area contributed by atoms with Gasteiger partial charge in [-0.1, -0.05) is 33.8 Å². The number of nitrogens with one attached hydrogen (secondary N) is 1. The first kappa shape index (κ1) is 28.8. The lowest BCUT2D eigenvalue weighted by molar-refractivity contribution is -0.266. The van der Waals surface area contributed by atoms with Crippen LogP contribution in [-0.2, 0) is 11.8 Å². The number of alkyl halides is 3. The molecule has 0 saturated carbocycles. The van der Waals surface area contributed by atoms with Crippen LogP contribution in [-0.4, -0.2) is 74.2 Å². The van der Waals surface area contributed by atoms with Crippen molar-refractivity contribution in [3.05, 3.63) is 65.5 Å². The number of hydrogen-bond acceptors (Lipinski definition) is 6. The molecule has 3 unspecified atom stereocenters. The van der Waals surface area contributed by atoms with Gasteiger partial charge in [-0.25, -0.2) is 9.97 Å². The van der Waals surface area contributed by atoms with Crippen molar-refractivity contribution >= 4 is 6.21 Å². The zero-order valence-corrected chi connectivity index (χ0v) is 22.9. The van der Waals surface area contributed by atoms with Gasteiger partial charge in [-0.15, -0.1) is 0 Å². The Bertz CT molecular complexity index is 1320. The number of fused-ring (bicyclic) bond motifs is 1. The highest BCUT2D eigenvalue weighted by Crippen LogP contribution is 2.46. The Morgan fingerprint density at radius 2 is 1.77 bits per heavy atom. The zero-order valence-electron chi connectivity index (χ0n) is 22.9. The number of likely N-dealkylation sites (N-methyl/N-ethyl adjacent to an activating group) is 1. The fourth-order valence-electron chi connectivity index (χ4n) is 5.40. The van der Waals surface area contributed by atoms with Crippen LogP contribution in [0.1, 0.15) is 62.5 Å². The molecule has 2 aromatic heterocycles. The van der Waals surface area contributed by atoms with Crippen molar-refractivity contribution in [1.82, 2.24) is 19.9 Å². The number of aliphatic imine (C=N–C) groups is 1. The third-order valence-corrected chi connectivity index (χ3v) is 7.80. The Kier molecular flexibility index (Phi) is 7.91. The van der Waals surface area contributed by atoms with Gasteiger partial charge in [0.25, 0.3) is 0 Å². The van der Waals surface area contributed by atoms with E-state index in [1.165, 1.54) is 12.4 Å². The van der Waals surface area contributed by atoms with Gasteiger partial charge in [0, 0.05) is 54.3 Å². The molecule has 0 fully saturated rings. The van der Waals surface area contributed by atoms with Crippen LogP contribution in [0.3, 0.4) is 0 Å². The molecule has 0 amide bonds. The lowest BCUT2D eigenvalue weighted by atomic mass is 9.72. The Labute approximate surface area is 226 Å². The van der Waals surface area contributed by atoms with Crippen LogP contribution in [0.15, 0.2) is 48.0 Å². The molecule has 4 rings (SSSR count). The van der Waals surface area contributed by atoms with Gasteiger partial charge < -0.3 is 20.1 Å². The number of aromatic amines is 1. The van der Waals surface area contributed by atoms with Crippen LogP contribution in [0, 0.1) is 0 Å². The van der Waals surface area contributed by atoms with Crippen LogP contribution < -0.4 is 0 Å². The lowest BCUT2D eigenvalue weighted by Crippen LogP contribution is -2.50. The summed E-state index contributed by atoms with van der Waals surface area (Å²) in [4.78, 5) is 17.8. The monoisotopic (exact) mass is 543 g/mol. The van der Waals surface area contributed by atoms with Gasteiger partial charge in [-0.3, -0.25) is 4.99 Å². The second-order valence-corrected chi connectivity index (χ2v) is 11.3. The first-order valence-corrected chi connectivity index (χ1v) is 13.1. The lowest BCUT2D eigenvalue weighted by Gasteiger charge is -2.38. The standard InChI is InChI=1S/C29H36F3N5O2/c1-6-37(5)15-25-18(2)22-10-21(36-24(22)14-35-25)11-28(39,29(30,31)32)16-27(3,4)23-9-19(7-8-26(23)38)20-12-33-17-34-13-20/h7-10,12-14,17-18,25,36,38-39H,6,11,15-16H2,1-5H3. The number of aliphatic hydroxyl groups is 1. The molecule has 3 aromatic rings. The summed E-state index contributed by atoms with van der Waals surface area (Å²) in [6.45, 7) is 8.87. The number of aromatic nitrogens is 3. The van der Waals surface area contributed by atoms with Crippen molar-refractivity contribution in [2.75, 3.05) is 20.1 Å². The van der Waals surface area contributed by atoms with Crippen molar-refractivity contribution in [1.29, 1.82) is 0 Å². The number of phenols is 1. The molecule has 0 radical (unpaired) electrons. The fourth-order valence-corrected chi connectivity index (χ4v) is 5.40. The molecule has 39 heavy (non-hydrogen) atoms. The SMILES string of the molecule is CCN(C)CC1N=Cc2[nH]c(CC(O)(CC(C)(C)c3cc(-c4cncnc4)ccc3O)C(F)(F)F)cc2C1C. The molecule has 1 aliphatic heterocycles. The maximum atomic E-state index is 14.5. The maximum Gasteiger partial charge on any atom is 0.417 e. The van der Waals surface area contributed by atoms with Gasteiger partial charge >= 0.3 is 6.18 Å². The third kappa shape index (κ3) is 6.01. The zero-order chi connectivity index (χ0) is 28.6. The average Bonchev–Trinajstić information content (AvgIpc) is 3.28. The molecule has 0 aliphatic carbocycles. The second kappa shape index (κ2) is 10.7. The molecule has 1 aliphatic rings. The first-order valence-electron chi connectivity index (χ1n) is 13.1. The van der Waals surface area contributed by atoms with Crippen molar-refractivity contribution in [3.63, 3.8) is 0 Å². The summed E-state index contributed by atoms with van der Waals surface area (Å²) in [6.07, 6.45) is 0.00764. The summed E-state index contributed by atoms with van der Waals surface area (Å²) in [7, 11) is 2.01. The molecule has 210 valence electrons. The van der Waals surface area contributed by atoms with E-state index < -0.39 is 30.0 Å². The number of hydrogen-bond donors (Lipinski definition) is 3. The van der Waals surface area contributed by atoms with E-state index in [0.29, 0.717) is 22.4 Å². The van der Waals surface area contributed by atoms with Gasteiger partial charge in [0.15, 0.2) is 5.60 Å². The minimum absolute atomic E-state index is 0.00296. The topological polar surface area (TPSA) is 97.6 Å². The van der Waals surface area contributed by atoms with Gasteiger partial charge in [0.1, 0.15) is 12.1 Å². The van der Waals surface area contributed by atoms with E-state index >= 15 is 0 Å². The highest BCUT2D eigenvalue weighted by Gasteiger charge is 2.56. The van der Waals surface area contributed by atoms with Gasteiger partial charge in [-0.05, 0) is 54.8 Å². The number of H-pyrrole nitrogens is 1. The van der Waals surface area contributed by atoms with Crippen molar-refractivity contribution in [2.45, 2.75) is 69.7 Å². The van der Waals surface area contributed by atoms with E-state index in [1.807, 2.05) is 14.0 Å². The van der Waals surface area contributed by atoms with E-state index in [1.54, 1.807) is 50.7 Å². The Hall–Kier alpha value is -3.24. The minimum atomic E-state index is -4.91.